The van der Waals surface area contributed by atoms with Crippen LogP contribution in [0.4, 0.5) is 9.18 Å². The Morgan fingerprint density at radius 1 is 0.852 bits per heavy atom. The van der Waals surface area contributed by atoms with Gasteiger partial charge in [0.05, 0.1) is 0 Å². The predicted octanol–water partition coefficient (Wildman–Crippen LogP) is 2.81. The molecule has 1 N–H and O–H groups in total. The molecule has 1 aliphatic rings. The van der Waals surface area contributed by atoms with Crippen LogP contribution in [-0.2, 0) is 17.8 Å². The number of aryl methyl sites for hydroxylation is 1. The Morgan fingerprint density at radius 2 is 1.48 bits per heavy atom. The van der Waals surface area contributed by atoms with Gasteiger partial charge in [0.25, 0.3) is 0 Å². The third-order valence-electron chi connectivity index (χ3n) is 4.75. The van der Waals surface area contributed by atoms with Crippen molar-refractivity contribution in [1.82, 2.24) is 15.1 Å². The summed E-state index contributed by atoms with van der Waals surface area (Å²) in [6.45, 7) is 2.64. The fourth-order valence-corrected chi connectivity index (χ4v) is 3.10. The molecular formula is C21H24FN3O2. The van der Waals surface area contributed by atoms with Gasteiger partial charge in [-0.05, 0) is 29.7 Å². The number of carbonyl (C=O) groups excluding carboxylic acids is 2. The molecular weight excluding hydrogens is 345 g/mol. The van der Waals surface area contributed by atoms with Gasteiger partial charge in [0.2, 0.25) is 5.91 Å². The summed E-state index contributed by atoms with van der Waals surface area (Å²) in [5.74, 6) is -0.199. The molecule has 1 heterocycles. The highest BCUT2D eigenvalue weighted by molar-refractivity contribution is 5.78. The van der Waals surface area contributed by atoms with E-state index in [4.69, 9.17) is 0 Å². The highest BCUT2D eigenvalue weighted by atomic mass is 19.1. The summed E-state index contributed by atoms with van der Waals surface area (Å²) >= 11 is 0. The number of urea groups is 1. The summed E-state index contributed by atoms with van der Waals surface area (Å²) in [5.41, 5.74) is 2.00. The molecule has 27 heavy (non-hydrogen) atoms. The number of nitrogens with zero attached hydrogens (tertiary/aromatic N) is 2. The second kappa shape index (κ2) is 9.16. The largest absolute Gasteiger partial charge is 0.339 e. The maximum Gasteiger partial charge on any atom is 0.317 e. The van der Waals surface area contributed by atoms with E-state index in [1.807, 2.05) is 30.3 Å². The second-order valence-electron chi connectivity index (χ2n) is 6.64. The SMILES string of the molecule is O=C(CCc1ccc(F)cc1)N1CCN(C(=O)NCc2ccccc2)CC1. The summed E-state index contributed by atoms with van der Waals surface area (Å²) in [6.07, 6.45) is 0.989. The van der Waals surface area contributed by atoms with Gasteiger partial charge < -0.3 is 15.1 Å². The normalized spacial score (nSPS) is 14.1. The molecule has 0 aromatic heterocycles. The van der Waals surface area contributed by atoms with E-state index in [0.29, 0.717) is 45.6 Å². The van der Waals surface area contributed by atoms with E-state index >= 15 is 0 Å². The molecule has 0 unspecified atom stereocenters. The van der Waals surface area contributed by atoms with Gasteiger partial charge in [0.1, 0.15) is 5.82 Å². The molecule has 0 radical (unpaired) electrons. The van der Waals surface area contributed by atoms with Crippen LogP contribution < -0.4 is 5.32 Å². The second-order valence-corrected chi connectivity index (χ2v) is 6.64. The van der Waals surface area contributed by atoms with Crippen LogP contribution in [0, 0.1) is 5.82 Å². The molecule has 0 atom stereocenters. The van der Waals surface area contributed by atoms with Crippen LogP contribution in [0.15, 0.2) is 54.6 Å². The van der Waals surface area contributed by atoms with Crippen molar-refractivity contribution >= 4 is 11.9 Å². The van der Waals surface area contributed by atoms with Gasteiger partial charge in [0, 0.05) is 39.1 Å². The Balaban J connectivity index is 1.39. The Bertz CT molecular complexity index is 757. The Morgan fingerprint density at radius 3 is 2.15 bits per heavy atom. The number of halogens is 1. The lowest BCUT2D eigenvalue weighted by atomic mass is 10.1. The average Bonchev–Trinajstić information content (AvgIpc) is 2.72. The minimum absolute atomic E-state index is 0.0728. The standard InChI is InChI=1S/C21H24FN3O2/c22-19-9-6-17(7-10-19)8-11-20(26)24-12-14-25(15-13-24)21(27)23-16-18-4-2-1-3-5-18/h1-7,9-10H,8,11-16H2,(H,23,27). The lowest BCUT2D eigenvalue weighted by Crippen LogP contribution is -2.53. The third-order valence-corrected chi connectivity index (χ3v) is 4.75. The van der Waals surface area contributed by atoms with Crippen LogP contribution in [0.1, 0.15) is 17.5 Å². The first kappa shape index (κ1) is 18.9. The van der Waals surface area contributed by atoms with E-state index in [-0.39, 0.29) is 17.8 Å². The number of rotatable bonds is 5. The average molecular weight is 369 g/mol. The number of piperazine rings is 1. The summed E-state index contributed by atoms with van der Waals surface area (Å²) < 4.78 is 12.9. The quantitative estimate of drug-likeness (QED) is 0.881. The van der Waals surface area contributed by atoms with Crippen molar-refractivity contribution in [3.63, 3.8) is 0 Å². The number of amides is 3. The van der Waals surface area contributed by atoms with Crippen molar-refractivity contribution in [3.05, 3.63) is 71.5 Å². The first-order chi connectivity index (χ1) is 13.1. The van der Waals surface area contributed by atoms with E-state index in [2.05, 4.69) is 5.32 Å². The molecule has 1 fully saturated rings. The topological polar surface area (TPSA) is 52.7 Å². The summed E-state index contributed by atoms with van der Waals surface area (Å²) in [7, 11) is 0. The first-order valence-corrected chi connectivity index (χ1v) is 9.21. The smallest absolute Gasteiger partial charge is 0.317 e. The first-order valence-electron chi connectivity index (χ1n) is 9.21. The molecule has 0 spiro atoms. The van der Waals surface area contributed by atoms with Crippen molar-refractivity contribution in [2.24, 2.45) is 0 Å². The minimum atomic E-state index is -0.272. The number of nitrogens with one attached hydrogen (secondary N) is 1. The van der Waals surface area contributed by atoms with Crippen LogP contribution in [-0.4, -0.2) is 47.9 Å². The van der Waals surface area contributed by atoms with Crippen molar-refractivity contribution in [3.8, 4) is 0 Å². The van der Waals surface area contributed by atoms with E-state index in [1.54, 1.807) is 21.9 Å². The van der Waals surface area contributed by atoms with E-state index in [9.17, 15) is 14.0 Å². The summed E-state index contributed by atoms with van der Waals surface area (Å²) in [6, 6.07) is 15.9. The Kier molecular flexibility index (Phi) is 6.41. The van der Waals surface area contributed by atoms with Gasteiger partial charge in [-0.25, -0.2) is 9.18 Å². The Hall–Kier alpha value is -2.89. The van der Waals surface area contributed by atoms with Crippen LogP contribution in [0.5, 0.6) is 0 Å². The molecule has 5 nitrogen and oxygen atoms in total. The zero-order valence-electron chi connectivity index (χ0n) is 15.2. The van der Waals surface area contributed by atoms with Crippen LogP contribution >= 0.6 is 0 Å². The monoisotopic (exact) mass is 369 g/mol. The van der Waals surface area contributed by atoms with Crippen molar-refractivity contribution in [1.29, 1.82) is 0 Å². The van der Waals surface area contributed by atoms with Gasteiger partial charge in [-0.3, -0.25) is 4.79 Å². The molecule has 6 heteroatoms. The molecule has 3 amide bonds. The van der Waals surface area contributed by atoms with Crippen LogP contribution in [0.2, 0.25) is 0 Å². The molecule has 1 aliphatic heterocycles. The molecule has 2 aromatic carbocycles. The fraction of sp³-hybridized carbons (Fsp3) is 0.333. The molecule has 0 bridgehead atoms. The molecule has 0 saturated carbocycles. The van der Waals surface area contributed by atoms with Gasteiger partial charge in [-0.1, -0.05) is 42.5 Å². The molecule has 2 aromatic rings. The molecule has 3 rings (SSSR count). The van der Waals surface area contributed by atoms with Crippen molar-refractivity contribution in [2.45, 2.75) is 19.4 Å². The minimum Gasteiger partial charge on any atom is -0.339 e. The maximum atomic E-state index is 12.9. The molecule has 142 valence electrons. The highest BCUT2D eigenvalue weighted by Gasteiger charge is 2.23. The van der Waals surface area contributed by atoms with Crippen LogP contribution in [0.3, 0.4) is 0 Å². The van der Waals surface area contributed by atoms with Gasteiger partial charge >= 0.3 is 6.03 Å². The van der Waals surface area contributed by atoms with Crippen molar-refractivity contribution < 1.29 is 14.0 Å². The number of benzene rings is 2. The molecule has 1 saturated heterocycles. The number of hydrogen-bond acceptors (Lipinski definition) is 2. The zero-order chi connectivity index (χ0) is 19.1. The number of hydrogen-bond donors (Lipinski definition) is 1. The molecule has 0 aliphatic carbocycles. The van der Waals surface area contributed by atoms with E-state index in [0.717, 1.165) is 11.1 Å². The Labute approximate surface area is 158 Å². The van der Waals surface area contributed by atoms with Gasteiger partial charge in [-0.15, -0.1) is 0 Å². The van der Waals surface area contributed by atoms with E-state index in [1.165, 1.54) is 12.1 Å². The van der Waals surface area contributed by atoms with Gasteiger partial charge in [-0.2, -0.15) is 0 Å². The number of carbonyl (C=O) groups is 2. The zero-order valence-corrected chi connectivity index (χ0v) is 15.2. The lowest BCUT2D eigenvalue weighted by Gasteiger charge is -2.34. The van der Waals surface area contributed by atoms with Crippen LogP contribution in [0.25, 0.3) is 0 Å². The lowest BCUT2D eigenvalue weighted by molar-refractivity contribution is -0.132. The van der Waals surface area contributed by atoms with E-state index < -0.39 is 0 Å². The summed E-state index contributed by atoms with van der Waals surface area (Å²) in [5, 5.41) is 2.92. The highest BCUT2D eigenvalue weighted by Crippen LogP contribution is 2.09. The van der Waals surface area contributed by atoms with Gasteiger partial charge in [0.15, 0.2) is 0 Å². The third kappa shape index (κ3) is 5.54. The summed E-state index contributed by atoms with van der Waals surface area (Å²) in [4.78, 5) is 28.2. The fourth-order valence-electron chi connectivity index (χ4n) is 3.10. The maximum absolute atomic E-state index is 12.9. The predicted molar refractivity (Wildman–Crippen MR) is 102 cm³/mol. The van der Waals surface area contributed by atoms with Crippen molar-refractivity contribution in [2.75, 3.05) is 26.2 Å².